The second-order valence-electron chi connectivity index (χ2n) is 4.54. The van der Waals surface area contributed by atoms with Gasteiger partial charge >= 0.3 is 0 Å². The fraction of sp³-hybridized carbons (Fsp3) is 0.200. The van der Waals surface area contributed by atoms with Crippen LogP contribution in [0.5, 0.6) is 5.75 Å². The van der Waals surface area contributed by atoms with Crippen molar-refractivity contribution in [1.82, 2.24) is 9.97 Å². The molecule has 0 radical (unpaired) electrons. The zero-order chi connectivity index (χ0) is 15.9. The van der Waals surface area contributed by atoms with Crippen molar-refractivity contribution in [3.05, 3.63) is 47.3 Å². The minimum absolute atomic E-state index is 0.391. The molecular formula is C15H15N4O3-. The van der Waals surface area contributed by atoms with Gasteiger partial charge in [0.1, 0.15) is 12.4 Å². The third-order valence-electron chi connectivity index (χ3n) is 2.62. The van der Waals surface area contributed by atoms with Crippen LogP contribution in [0.1, 0.15) is 17.0 Å². The lowest BCUT2D eigenvalue weighted by atomic mass is 10.2. The molecule has 0 aliphatic heterocycles. The number of benzene rings is 1. The predicted molar refractivity (Wildman–Crippen MR) is 79.7 cm³/mol. The van der Waals surface area contributed by atoms with Gasteiger partial charge in [0, 0.05) is 17.0 Å². The Morgan fingerprint density at radius 2 is 2.00 bits per heavy atom. The van der Waals surface area contributed by atoms with Gasteiger partial charge in [0.25, 0.3) is 0 Å². The molecule has 0 spiro atoms. The monoisotopic (exact) mass is 299 g/mol. The molecule has 1 aromatic heterocycles. The first-order chi connectivity index (χ1) is 10.5. The van der Waals surface area contributed by atoms with Crippen molar-refractivity contribution in [3.63, 3.8) is 0 Å². The van der Waals surface area contributed by atoms with E-state index in [2.05, 4.69) is 20.5 Å². The number of ether oxygens (including phenoxy) is 1. The largest absolute Gasteiger partial charge is 0.546 e. The highest BCUT2D eigenvalue weighted by molar-refractivity contribution is 5.84. The second kappa shape index (κ2) is 7.16. The summed E-state index contributed by atoms with van der Waals surface area (Å²) in [5.41, 5.74) is 5.03. The van der Waals surface area contributed by atoms with E-state index in [1.165, 1.54) is 6.21 Å². The molecule has 0 bridgehead atoms. The average molecular weight is 299 g/mol. The summed E-state index contributed by atoms with van der Waals surface area (Å²) in [6.45, 7) is 3.22. The number of para-hydroxylation sites is 1. The molecule has 0 saturated heterocycles. The smallest absolute Gasteiger partial charge is 0.243 e. The number of aliphatic carboxylic acids is 1. The molecular weight excluding hydrogens is 284 g/mol. The first-order valence-corrected chi connectivity index (χ1v) is 6.57. The number of carbonyl (C=O) groups excluding carboxylic acids is 1. The van der Waals surface area contributed by atoms with Crippen LogP contribution in [0, 0.1) is 13.8 Å². The van der Waals surface area contributed by atoms with Gasteiger partial charge in [-0.2, -0.15) is 5.10 Å². The van der Waals surface area contributed by atoms with Crippen LogP contribution >= 0.6 is 0 Å². The van der Waals surface area contributed by atoms with Crippen molar-refractivity contribution >= 4 is 18.1 Å². The van der Waals surface area contributed by atoms with E-state index >= 15 is 0 Å². The third kappa shape index (κ3) is 4.55. The Morgan fingerprint density at radius 1 is 1.32 bits per heavy atom. The van der Waals surface area contributed by atoms with Gasteiger partial charge in [0.15, 0.2) is 0 Å². The maximum absolute atomic E-state index is 10.4. The number of hydrogen-bond donors (Lipinski definition) is 1. The number of carbonyl (C=O) groups is 1. The van der Waals surface area contributed by atoms with Crippen LogP contribution in [-0.2, 0) is 4.79 Å². The van der Waals surface area contributed by atoms with Crippen molar-refractivity contribution < 1.29 is 14.6 Å². The molecule has 0 aliphatic carbocycles. The Morgan fingerprint density at radius 3 is 2.68 bits per heavy atom. The number of carboxylic acid groups (broad SMARTS) is 1. The lowest BCUT2D eigenvalue weighted by molar-refractivity contribution is -0.307. The normalized spacial score (nSPS) is 10.6. The van der Waals surface area contributed by atoms with Crippen molar-refractivity contribution in [2.24, 2.45) is 5.10 Å². The van der Waals surface area contributed by atoms with Gasteiger partial charge in [-0.1, -0.05) is 12.1 Å². The van der Waals surface area contributed by atoms with E-state index in [1.807, 2.05) is 19.9 Å². The lowest BCUT2D eigenvalue weighted by Crippen LogP contribution is -2.29. The number of aromatic nitrogens is 2. The molecule has 2 aromatic rings. The van der Waals surface area contributed by atoms with Crippen molar-refractivity contribution in [2.45, 2.75) is 13.8 Å². The van der Waals surface area contributed by atoms with Crippen LogP contribution in [-0.4, -0.2) is 28.8 Å². The molecule has 0 atom stereocenters. The van der Waals surface area contributed by atoms with Gasteiger partial charge in [-0.3, -0.25) is 0 Å². The molecule has 1 aromatic carbocycles. The molecule has 0 amide bonds. The van der Waals surface area contributed by atoms with Gasteiger partial charge in [-0.25, -0.2) is 15.4 Å². The zero-order valence-corrected chi connectivity index (χ0v) is 12.2. The first-order valence-electron chi connectivity index (χ1n) is 6.57. The van der Waals surface area contributed by atoms with Gasteiger partial charge in [0.05, 0.1) is 12.2 Å². The molecule has 22 heavy (non-hydrogen) atoms. The Labute approximate surface area is 127 Å². The summed E-state index contributed by atoms with van der Waals surface area (Å²) in [4.78, 5) is 18.8. The summed E-state index contributed by atoms with van der Waals surface area (Å²) in [6.07, 6.45) is 1.51. The molecule has 0 aliphatic rings. The summed E-state index contributed by atoms with van der Waals surface area (Å²) in [6, 6.07) is 8.79. The van der Waals surface area contributed by atoms with Crippen LogP contribution in [0.4, 0.5) is 5.95 Å². The number of hydrazone groups is 1. The third-order valence-corrected chi connectivity index (χ3v) is 2.62. The maximum Gasteiger partial charge on any atom is 0.243 e. The minimum atomic E-state index is -1.28. The van der Waals surface area contributed by atoms with Crippen molar-refractivity contribution in [2.75, 3.05) is 12.0 Å². The summed E-state index contributed by atoms with van der Waals surface area (Å²) in [5.74, 6) is -0.492. The SMILES string of the molecule is Cc1cc(C)nc(N/N=C\c2ccccc2OCC(=O)[O-])n1. The summed E-state index contributed by atoms with van der Waals surface area (Å²) in [7, 11) is 0. The van der Waals surface area contributed by atoms with Crippen LogP contribution in [0.25, 0.3) is 0 Å². The Kier molecular flexibility index (Phi) is 5.02. The Bertz CT molecular complexity index is 681. The number of nitrogens with one attached hydrogen (secondary N) is 1. The van der Waals surface area contributed by atoms with E-state index < -0.39 is 12.6 Å². The molecule has 7 nitrogen and oxygen atoms in total. The number of nitrogens with zero attached hydrogens (tertiary/aromatic N) is 3. The average Bonchev–Trinajstić information content (AvgIpc) is 2.45. The second-order valence-corrected chi connectivity index (χ2v) is 4.54. The van der Waals surface area contributed by atoms with Crippen LogP contribution in [0.3, 0.4) is 0 Å². The molecule has 2 rings (SSSR count). The topological polar surface area (TPSA) is 99.5 Å². The Hall–Kier alpha value is -2.96. The van der Waals surface area contributed by atoms with E-state index in [1.54, 1.807) is 24.3 Å². The highest BCUT2D eigenvalue weighted by Gasteiger charge is 2.01. The lowest BCUT2D eigenvalue weighted by Gasteiger charge is -2.09. The zero-order valence-electron chi connectivity index (χ0n) is 12.2. The molecule has 1 heterocycles. The number of anilines is 1. The number of carboxylic acids is 1. The predicted octanol–water partition coefficient (Wildman–Crippen LogP) is 0.668. The highest BCUT2D eigenvalue weighted by Crippen LogP contribution is 2.15. The number of hydrogen-bond acceptors (Lipinski definition) is 7. The van der Waals surface area contributed by atoms with E-state index in [4.69, 9.17) is 4.74 Å². The fourth-order valence-corrected chi connectivity index (χ4v) is 1.79. The van der Waals surface area contributed by atoms with Crippen molar-refractivity contribution in [3.8, 4) is 5.75 Å². The van der Waals surface area contributed by atoms with Crippen LogP contribution in [0.2, 0.25) is 0 Å². The first kappa shape index (κ1) is 15.4. The quantitative estimate of drug-likeness (QED) is 0.621. The summed E-state index contributed by atoms with van der Waals surface area (Å²) >= 11 is 0. The molecule has 0 saturated carbocycles. The molecule has 114 valence electrons. The number of aryl methyl sites for hydroxylation is 2. The molecule has 0 fully saturated rings. The van der Waals surface area contributed by atoms with E-state index in [9.17, 15) is 9.90 Å². The molecule has 0 unspecified atom stereocenters. The summed E-state index contributed by atoms with van der Waals surface area (Å²) in [5, 5.41) is 14.5. The van der Waals surface area contributed by atoms with E-state index in [-0.39, 0.29) is 0 Å². The standard InChI is InChI=1S/C15H16N4O3/c1-10-7-11(2)18-15(17-10)19-16-8-12-5-3-4-6-13(12)22-9-14(20)21/h3-8H,9H2,1-2H3,(H,20,21)(H,17,18,19)/p-1/b16-8-. The van der Waals surface area contributed by atoms with Gasteiger partial charge in [-0.15, -0.1) is 0 Å². The maximum atomic E-state index is 10.4. The van der Waals surface area contributed by atoms with Crippen LogP contribution < -0.4 is 15.3 Å². The highest BCUT2D eigenvalue weighted by atomic mass is 16.5. The fourth-order valence-electron chi connectivity index (χ4n) is 1.79. The molecule has 7 heteroatoms. The van der Waals surface area contributed by atoms with Gasteiger partial charge in [0.2, 0.25) is 5.95 Å². The van der Waals surface area contributed by atoms with Crippen molar-refractivity contribution in [1.29, 1.82) is 0 Å². The number of rotatable bonds is 6. The Balaban J connectivity index is 2.08. The van der Waals surface area contributed by atoms with E-state index in [0.717, 1.165) is 11.4 Å². The molecule has 1 N–H and O–H groups in total. The van der Waals surface area contributed by atoms with E-state index in [0.29, 0.717) is 17.3 Å². The van der Waals surface area contributed by atoms with Gasteiger partial charge < -0.3 is 14.6 Å². The minimum Gasteiger partial charge on any atom is -0.546 e. The summed E-state index contributed by atoms with van der Waals surface area (Å²) < 4.78 is 5.13. The van der Waals surface area contributed by atoms with Crippen LogP contribution in [0.15, 0.2) is 35.4 Å². The van der Waals surface area contributed by atoms with Gasteiger partial charge in [-0.05, 0) is 32.0 Å².